The van der Waals surface area contributed by atoms with Crippen LogP contribution in [0.4, 0.5) is 0 Å². The lowest BCUT2D eigenvalue weighted by atomic mass is 9.95. The number of ether oxygens (including phenoxy) is 1. The number of rotatable bonds is 0. The molecule has 0 fully saturated rings. The lowest BCUT2D eigenvalue weighted by Gasteiger charge is -2.20. The van der Waals surface area contributed by atoms with Crippen LogP contribution in [0.1, 0.15) is 41.5 Å². The minimum absolute atomic E-state index is 0. The Morgan fingerprint density at radius 2 is 1.00 bits per heavy atom. The van der Waals surface area contributed by atoms with E-state index >= 15 is 0 Å². The topological polar surface area (TPSA) is 78.4 Å². The van der Waals surface area contributed by atoms with Crippen LogP contribution < -0.4 is 6.15 Å². The van der Waals surface area contributed by atoms with Crippen molar-refractivity contribution in [2.75, 3.05) is 0 Å². The fourth-order valence-electron chi connectivity index (χ4n) is 0.390. The molecular formula is C10H21NO3. The summed E-state index contributed by atoms with van der Waals surface area (Å²) >= 11 is 0. The van der Waals surface area contributed by atoms with Crippen LogP contribution >= 0.6 is 0 Å². The molecule has 0 radical (unpaired) electrons. The first-order chi connectivity index (χ1) is 5.55. The van der Waals surface area contributed by atoms with Gasteiger partial charge in [0.25, 0.3) is 0 Å². The molecule has 0 aliphatic heterocycles. The molecule has 0 spiro atoms. The molecule has 3 N–H and O–H groups in total. The molecule has 0 aromatic carbocycles. The van der Waals surface area contributed by atoms with Crippen molar-refractivity contribution in [1.29, 1.82) is 0 Å². The highest BCUT2D eigenvalue weighted by molar-refractivity contribution is 5.90. The maximum atomic E-state index is 11.3. The molecule has 0 aromatic rings. The fourth-order valence-corrected chi connectivity index (χ4v) is 0.390. The summed E-state index contributed by atoms with van der Waals surface area (Å²) in [5, 5.41) is 0. The van der Waals surface area contributed by atoms with Gasteiger partial charge in [-0.3, -0.25) is 9.59 Å². The first-order valence-electron chi connectivity index (χ1n) is 4.32. The van der Waals surface area contributed by atoms with E-state index in [1.54, 1.807) is 41.5 Å². The van der Waals surface area contributed by atoms with Gasteiger partial charge in [0.1, 0.15) is 0 Å². The third kappa shape index (κ3) is 4.97. The zero-order chi connectivity index (χ0) is 10.9. The molecule has 4 heteroatoms. The lowest BCUT2D eigenvalue weighted by molar-refractivity contribution is -0.170. The Balaban J connectivity index is 0. The zero-order valence-corrected chi connectivity index (χ0v) is 9.93. The predicted molar refractivity (Wildman–Crippen MR) is 55.0 cm³/mol. The van der Waals surface area contributed by atoms with Crippen molar-refractivity contribution in [3.63, 3.8) is 0 Å². The summed E-state index contributed by atoms with van der Waals surface area (Å²) in [6.45, 7) is 10.3. The molecule has 0 atom stereocenters. The molecule has 0 saturated heterocycles. The molecule has 0 aromatic heterocycles. The highest BCUT2D eigenvalue weighted by atomic mass is 16.6. The molecule has 4 nitrogen and oxygen atoms in total. The van der Waals surface area contributed by atoms with Crippen LogP contribution in [0.2, 0.25) is 0 Å². The maximum Gasteiger partial charge on any atom is 0.318 e. The van der Waals surface area contributed by atoms with Gasteiger partial charge in [-0.25, -0.2) is 0 Å². The molecule has 0 aliphatic rings. The second-order valence-electron chi connectivity index (χ2n) is 5.18. The van der Waals surface area contributed by atoms with Crippen LogP contribution in [0.5, 0.6) is 0 Å². The first kappa shape index (κ1) is 15.6. The molecule has 0 unspecified atom stereocenters. The van der Waals surface area contributed by atoms with E-state index in [4.69, 9.17) is 4.74 Å². The smallest absolute Gasteiger partial charge is 0.318 e. The van der Waals surface area contributed by atoms with Crippen molar-refractivity contribution < 1.29 is 14.3 Å². The molecule has 14 heavy (non-hydrogen) atoms. The molecule has 0 rings (SSSR count). The summed E-state index contributed by atoms with van der Waals surface area (Å²) in [5.41, 5.74) is -1.25. The quantitative estimate of drug-likeness (QED) is 0.484. The Bertz CT molecular complexity index is 197. The highest BCUT2D eigenvalue weighted by Gasteiger charge is 2.31. The molecule has 0 saturated carbocycles. The van der Waals surface area contributed by atoms with Crippen LogP contribution in [-0.4, -0.2) is 11.9 Å². The minimum atomic E-state index is -0.624. The monoisotopic (exact) mass is 203 g/mol. The summed E-state index contributed by atoms with van der Waals surface area (Å²) in [4.78, 5) is 22.6. The van der Waals surface area contributed by atoms with E-state index in [1.165, 1.54) is 0 Å². The Kier molecular flexibility index (Phi) is 5.06. The van der Waals surface area contributed by atoms with E-state index < -0.39 is 22.8 Å². The summed E-state index contributed by atoms with van der Waals surface area (Å²) in [7, 11) is 0. The maximum absolute atomic E-state index is 11.3. The van der Waals surface area contributed by atoms with Gasteiger partial charge in [0.15, 0.2) is 0 Å². The van der Waals surface area contributed by atoms with Gasteiger partial charge in [-0.15, -0.1) is 0 Å². The number of carbonyl (C=O) groups excluding carboxylic acids is 2. The van der Waals surface area contributed by atoms with Crippen LogP contribution in [-0.2, 0) is 14.3 Å². The standard InChI is InChI=1S/C10H18O3.H3N/c1-9(2,3)7(11)13-8(12)10(4,5)6;/h1-6H3;1H3. The number of hydrogen-bond donors (Lipinski definition) is 1. The third-order valence-electron chi connectivity index (χ3n) is 1.41. The Morgan fingerprint density at radius 3 is 1.14 bits per heavy atom. The molecular weight excluding hydrogens is 182 g/mol. The van der Waals surface area contributed by atoms with Crippen molar-refractivity contribution in [3.05, 3.63) is 0 Å². The van der Waals surface area contributed by atoms with E-state index in [2.05, 4.69) is 0 Å². The summed E-state index contributed by atoms with van der Waals surface area (Å²) in [6.07, 6.45) is 0. The van der Waals surface area contributed by atoms with Crippen LogP contribution in [0.3, 0.4) is 0 Å². The lowest BCUT2D eigenvalue weighted by Crippen LogP contribution is -2.31. The van der Waals surface area contributed by atoms with Crippen molar-refractivity contribution >= 4 is 11.9 Å². The Labute approximate surface area is 85.6 Å². The highest BCUT2D eigenvalue weighted by Crippen LogP contribution is 2.20. The third-order valence-corrected chi connectivity index (χ3v) is 1.41. The van der Waals surface area contributed by atoms with Gasteiger partial charge in [0, 0.05) is 0 Å². The van der Waals surface area contributed by atoms with E-state index in [-0.39, 0.29) is 6.15 Å². The summed E-state index contributed by atoms with van der Waals surface area (Å²) < 4.78 is 4.70. The van der Waals surface area contributed by atoms with Crippen LogP contribution in [0.25, 0.3) is 0 Å². The molecule has 0 amide bonds. The Morgan fingerprint density at radius 1 is 0.786 bits per heavy atom. The SMILES string of the molecule is CC(C)(C)C(=O)OC(=O)C(C)(C)C.N. The fraction of sp³-hybridized carbons (Fsp3) is 0.800. The van der Waals surface area contributed by atoms with E-state index in [0.29, 0.717) is 0 Å². The molecule has 0 aliphatic carbocycles. The average molecular weight is 203 g/mol. The first-order valence-corrected chi connectivity index (χ1v) is 4.32. The predicted octanol–water partition coefficient (Wildman–Crippen LogP) is 2.31. The normalized spacial score (nSPS) is 11.6. The second-order valence-corrected chi connectivity index (χ2v) is 5.18. The van der Waals surface area contributed by atoms with Crippen molar-refractivity contribution in [1.82, 2.24) is 6.15 Å². The second kappa shape index (κ2) is 4.55. The number of esters is 2. The number of hydrogen-bond acceptors (Lipinski definition) is 4. The number of carbonyl (C=O) groups is 2. The van der Waals surface area contributed by atoms with Crippen molar-refractivity contribution in [3.8, 4) is 0 Å². The van der Waals surface area contributed by atoms with Gasteiger partial charge in [-0.2, -0.15) is 0 Å². The van der Waals surface area contributed by atoms with Crippen molar-refractivity contribution in [2.24, 2.45) is 10.8 Å². The molecule has 0 bridgehead atoms. The van der Waals surface area contributed by atoms with Gasteiger partial charge in [-0.1, -0.05) is 0 Å². The van der Waals surface area contributed by atoms with Crippen molar-refractivity contribution in [2.45, 2.75) is 41.5 Å². The van der Waals surface area contributed by atoms with Gasteiger partial charge in [0.2, 0.25) is 0 Å². The summed E-state index contributed by atoms with van der Waals surface area (Å²) in [6, 6.07) is 0. The summed E-state index contributed by atoms with van der Waals surface area (Å²) in [5.74, 6) is -0.958. The van der Waals surface area contributed by atoms with Gasteiger partial charge in [0.05, 0.1) is 10.8 Å². The van der Waals surface area contributed by atoms with Crippen LogP contribution in [0.15, 0.2) is 0 Å². The minimum Gasteiger partial charge on any atom is -0.392 e. The molecule has 0 heterocycles. The molecule has 84 valence electrons. The van der Waals surface area contributed by atoms with E-state index in [1.807, 2.05) is 0 Å². The Hall–Kier alpha value is -0.900. The van der Waals surface area contributed by atoms with E-state index in [9.17, 15) is 9.59 Å². The van der Waals surface area contributed by atoms with E-state index in [0.717, 1.165) is 0 Å². The van der Waals surface area contributed by atoms with Gasteiger partial charge >= 0.3 is 11.9 Å². The van der Waals surface area contributed by atoms with Gasteiger partial charge < -0.3 is 10.9 Å². The largest absolute Gasteiger partial charge is 0.392 e. The zero-order valence-electron chi connectivity index (χ0n) is 9.93. The van der Waals surface area contributed by atoms with Crippen LogP contribution in [0, 0.1) is 10.8 Å². The van der Waals surface area contributed by atoms with Gasteiger partial charge in [-0.05, 0) is 41.5 Å². The average Bonchev–Trinajstić information content (AvgIpc) is 1.82.